The fraction of sp³-hybridized carbons (Fsp3) is 0.200. The van der Waals surface area contributed by atoms with Crippen molar-refractivity contribution in [2.75, 3.05) is 23.8 Å². The first-order valence-corrected chi connectivity index (χ1v) is 12.2. The lowest BCUT2D eigenvalue weighted by atomic mass is 10.1. The summed E-state index contributed by atoms with van der Waals surface area (Å²) in [6.07, 6.45) is 1.59. The van der Waals surface area contributed by atoms with E-state index in [2.05, 4.69) is 10.0 Å². The number of carbonyl (C=O) groups excluding carboxylic acids is 2. The molecule has 0 saturated carbocycles. The number of amides is 2. The molecule has 4 rings (SSSR count). The molecule has 7 nitrogen and oxygen atoms in total. The van der Waals surface area contributed by atoms with E-state index < -0.39 is 10.0 Å². The number of carbonyl (C=O) groups is 2. The third-order valence-corrected chi connectivity index (χ3v) is 7.12. The van der Waals surface area contributed by atoms with Crippen LogP contribution in [0.1, 0.15) is 27.9 Å². The molecule has 0 spiro atoms. The number of benzene rings is 3. The lowest BCUT2D eigenvalue weighted by Crippen LogP contribution is -2.28. The molecule has 2 N–H and O–H groups in total. The van der Waals surface area contributed by atoms with Crippen molar-refractivity contribution in [2.45, 2.75) is 24.2 Å². The minimum atomic E-state index is -3.47. The van der Waals surface area contributed by atoms with Gasteiger partial charge in [0.1, 0.15) is 0 Å². The van der Waals surface area contributed by atoms with Crippen LogP contribution < -0.4 is 14.9 Å². The number of rotatable bonds is 7. The van der Waals surface area contributed by atoms with Gasteiger partial charge in [-0.2, -0.15) is 0 Å². The van der Waals surface area contributed by atoms with Crippen molar-refractivity contribution in [2.24, 2.45) is 0 Å². The predicted molar refractivity (Wildman–Crippen MR) is 128 cm³/mol. The molecule has 1 heterocycles. The summed E-state index contributed by atoms with van der Waals surface area (Å²) in [5, 5.41) is 2.84. The molecule has 0 saturated heterocycles. The molecule has 0 fully saturated rings. The van der Waals surface area contributed by atoms with Crippen molar-refractivity contribution in [3.63, 3.8) is 0 Å². The lowest BCUT2D eigenvalue weighted by molar-refractivity contribution is -0.116. The molecule has 0 bridgehead atoms. The van der Waals surface area contributed by atoms with Gasteiger partial charge in [-0.25, -0.2) is 13.1 Å². The number of nitrogens with one attached hydrogen (secondary N) is 2. The fourth-order valence-electron chi connectivity index (χ4n) is 3.84. The van der Waals surface area contributed by atoms with Gasteiger partial charge in [-0.15, -0.1) is 0 Å². The van der Waals surface area contributed by atoms with Gasteiger partial charge in [0.25, 0.3) is 5.91 Å². The summed E-state index contributed by atoms with van der Waals surface area (Å²) >= 11 is 0. The molecule has 1 aliphatic rings. The van der Waals surface area contributed by atoms with Gasteiger partial charge in [-0.05, 0) is 73.5 Å². The molecule has 0 aliphatic carbocycles. The van der Waals surface area contributed by atoms with Gasteiger partial charge < -0.3 is 10.2 Å². The maximum Gasteiger partial charge on any atom is 0.258 e. The number of hydrogen-bond acceptors (Lipinski definition) is 4. The summed E-state index contributed by atoms with van der Waals surface area (Å²) in [4.78, 5) is 27.2. The van der Waals surface area contributed by atoms with E-state index in [1.165, 1.54) is 24.7 Å². The van der Waals surface area contributed by atoms with E-state index in [0.29, 0.717) is 24.2 Å². The van der Waals surface area contributed by atoms with Crippen molar-refractivity contribution in [1.29, 1.82) is 0 Å². The van der Waals surface area contributed by atoms with Gasteiger partial charge in [0.2, 0.25) is 15.9 Å². The van der Waals surface area contributed by atoms with Crippen LogP contribution >= 0.6 is 0 Å². The van der Waals surface area contributed by atoms with E-state index in [1.807, 2.05) is 24.3 Å². The van der Waals surface area contributed by atoms with Crippen LogP contribution in [0.25, 0.3) is 0 Å². The van der Waals surface area contributed by atoms with Gasteiger partial charge in [0.15, 0.2) is 0 Å². The molecular weight excluding hydrogens is 438 g/mol. The Bertz CT molecular complexity index is 1270. The maximum atomic E-state index is 12.9. The third-order valence-electron chi connectivity index (χ3n) is 5.69. The molecule has 0 aromatic heterocycles. The standard InChI is InChI=1S/C25H25N3O4S/c1-26-33(31,32)22-13-6-18(7-14-22)8-15-24(29)27-21-11-9-20(10-12-21)25(30)28-17-16-19-4-2-3-5-23(19)28/h2-7,9-14,26H,8,15-17H2,1H3,(H,27,29). The molecule has 8 heteroatoms. The topological polar surface area (TPSA) is 95.6 Å². The maximum absolute atomic E-state index is 12.9. The minimum absolute atomic E-state index is 0.0541. The molecule has 1 aliphatic heterocycles. The van der Waals surface area contributed by atoms with E-state index >= 15 is 0 Å². The largest absolute Gasteiger partial charge is 0.326 e. The highest BCUT2D eigenvalue weighted by molar-refractivity contribution is 7.89. The zero-order chi connectivity index (χ0) is 23.4. The van der Waals surface area contributed by atoms with Gasteiger partial charge in [-0.1, -0.05) is 30.3 Å². The highest BCUT2D eigenvalue weighted by atomic mass is 32.2. The van der Waals surface area contributed by atoms with Crippen LogP contribution in [0.5, 0.6) is 0 Å². The van der Waals surface area contributed by atoms with Crippen LogP contribution in [0, 0.1) is 0 Å². The van der Waals surface area contributed by atoms with E-state index in [-0.39, 0.29) is 23.1 Å². The second-order valence-corrected chi connectivity index (χ2v) is 9.70. The van der Waals surface area contributed by atoms with Crippen LogP contribution in [-0.2, 0) is 27.7 Å². The Morgan fingerprint density at radius 1 is 0.939 bits per heavy atom. The Labute approximate surface area is 193 Å². The Morgan fingerprint density at radius 2 is 1.64 bits per heavy atom. The molecule has 0 atom stereocenters. The highest BCUT2D eigenvalue weighted by Gasteiger charge is 2.25. The van der Waals surface area contributed by atoms with Crippen molar-refractivity contribution < 1.29 is 18.0 Å². The molecule has 0 unspecified atom stereocenters. The van der Waals surface area contributed by atoms with Gasteiger partial charge >= 0.3 is 0 Å². The molecule has 2 amide bonds. The number of anilines is 2. The first-order chi connectivity index (χ1) is 15.9. The zero-order valence-electron chi connectivity index (χ0n) is 18.2. The first-order valence-electron chi connectivity index (χ1n) is 10.7. The molecule has 3 aromatic carbocycles. The Kier molecular flexibility index (Phi) is 6.57. The number of aryl methyl sites for hydroxylation is 1. The molecule has 0 radical (unpaired) electrons. The zero-order valence-corrected chi connectivity index (χ0v) is 19.1. The predicted octanol–water partition coefficient (Wildman–Crippen LogP) is 3.37. The van der Waals surface area contributed by atoms with Crippen LogP contribution in [0.4, 0.5) is 11.4 Å². The monoisotopic (exact) mass is 463 g/mol. The summed E-state index contributed by atoms with van der Waals surface area (Å²) in [5.41, 5.74) is 4.19. The number of sulfonamides is 1. The number of hydrogen-bond donors (Lipinski definition) is 2. The minimum Gasteiger partial charge on any atom is -0.326 e. The highest BCUT2D eigenvalue weighted by Crippen LogP contribution is 2.29. The van der Waals surface area contributed by atoms with Gasteiger partial charge in [0, 0.05) is 29.9 Å². The average Bonchev–Trinajstić information content (AvgIpc) is 3.27. The Morgan fingerprint density at radius 3 is 2.33 bits per heavy atom. The smallest absolute Gasteiger partial charge is 0.258 e. The summed E-state index contributed by atoms with van der Waals surface area (Å²) < 4.78 is 25.8. The van der Waals surface area contributed by atoms with E-state index in [4.69, 9.17) is 0 Å². The third kappa shape index (κ3) is 5.13. The quantitative estimate of drug-likeness (QED) is 0.562. The average molecular weight is 464 g/mol. The van der Waals surface area contributed by atoms with Crippen molar-refractivity contribution in [1.82, 2.24) is 4.72 Å². The molecular formula is C25H25N3O4S. The van der Waals surface area contributed by atoms with Crippen LogP contribution in [0.3, 0.4) is 0 Å². The molecule has 3 aromatic rings. The summed E-state index contributed by atoms with van der Waals surface area (Å²) in [6.45, 7) is 0.665. The molecule has 33 heavy (non-hydrogen) atoms. The summed E-state index contributed by atoms with van der Waals surface area (Å²) in [7, 11) is -2.11. The van der Waals surface area contributed by atoms with Crippen LogP contribution in [0.2, 0.25) is 0 Å². The normalized spacial score (nSPS) is 12.9. The van der Waals surface area contributed by atoms with Crippen molar-refractivity contribution in [3.8, 4) is 0 Å². The van der Waals surface area contributed by atoms with Gasteiger partial charge in [-0.3, -0.25) is 9.59 Å². The van der Waals surface area contributed by atoms with E-state index in [1.54, 1.807) is 41.3 Å². The Hall–Kier alpha value is -3.49. The van der Waals surface area contributed by atoms with Crippen molar-refractivity contribution >= 4 is 33.2 Å². The number of nitrogens with zero attached hydrogens (tertiary/aromatic N) is 1. The van der Waals surface area contributed by atoms with Gasteiger partial charge in [0.05, 0.1) is 4.90 Å². The number of para-hydroxylation sites is 1. The molecule has 170 valence electrons. The second kappa shape index (κ2) is 9.56. The lowest BCUT2D eigenvalue weighted by Gasteiger charge is -2.17. The number of fused-ring (bicyclic) bond motifs is 1. The fourth-order valence-corrected chi connectivity index (χ4v) is 4.57. The Balaban J connectivity index is 1.32. The first kappa shape index (κ1) is 22.7. The summed E-state index contributed by atoms with van der Waals surface area (Å²) in [6, 6.07) is 21.3. The SMILES string of the molecule is CNS(=O)(=O)c1ccc(CCC(=O)Nc2ccc(C(=O)N3CCc4ccccc43)cc2)cc1. The second-order valence-electron chi connectivity index (χ2n) is 7.81. The van der Waals surface area contributed by atoms with Crippen LogP contribution in [-0.4, -0.2) is 33.8 Å². The summed E-state index contributed by atoms with van der Waals surface area (Å²) in [5.74, 6) is -0.212. The van der Waals surface area contributed by atoms with Crippen LogP contribution in [0.15, 0.2) is 77.7 Å². The van der Waals surface area contributed by atoms with E-state index in [0.717, 1.165) is 17.7 Å². The van der Waals surface area contributed by atoms with Crippen molar-refractivity contribution in [3.05, 3.63) is 89.5 Å². The van der Waals surface area contributed by atoms with E-state index in [9.17, 15) is 18.0 Å².